The average molecular weight is 441 g/mol. The molecule has 0 amide bonds. The van der Waals surface area contributed by atoms with Gasteiger partial charge in [0, 0.05) is 6.42 Å². The molecule has 5 nitrogen and oxygen atoms in total. The SMILES string of the molecule is O=S(=O)(c1ccccc1)C1(S(=O)(=O)c2ccccc2)CC=C(c2ccccc2)C1O. The van der Waals surface area contributed by atoms with Gasteiger partial charge in [0.25, 0.3) is 0 Å². The molecule has 0 bridgehead atoms. The molecule has 154 valence electrons. The van der Waals surface area contributed by atoms with Crippen molar-refractivity contribution in [2.75, 3.05) is 0 Å². The van der Waals surface area contributed by atoms with Crippen LogP contribution < -0.4 is 0 Å². The molecule has 0 saturated carbocycles. The van der Waals surface area contributed by atoms with Crippen LogP contribution in [0, 0.1) is 0 Å². The van der Waals surface area contributed by atoms with Gasteiger partial charge in [-0.1, -0.05) is 72.8 Å². The third-order valence-corrected chi connectivity index (χ3v) is 11.1. The number of allylic oxidation sites excluding steroid dienone is 1. The molecule has 0 aliphatic heterocycles. The summed E-state index contributed by atoms with van der Waals surface area (Å²) in [6, 6.07) is 23.6. The molecule has 1 atom stereocenters. The number of hydrogen-bond donors (Lipinski definition) is 1. The van der Waals surface area contributed by atoms with Gasteiger partial charge in [0.1, 0.15) is 6.10 Å². The van der Waals surface area contributed by atoms with Gasteiger partial charge >= 0.3 is 0 Å². The summed E-state index contributed by atoms with van der Waals surface area (Å²) >= 11 is 0. The zero-order chi connectivity index (χ0) is 21.4. The van der Waals surface area contributed by atoms with Crippen LogP contribution in [-0.2, 0) is 19.7 Å². The predicted molar refractivity (Wildman–Crippen MR) is 115 cm³/mol. The van der Waals surface area contributed by atoms with E-state index in [1.54, 1.807) is 42.5 Å². The van der Waals surface area contributed by atoms with Crippen LogP contribution in [0.2, 0.25) is 0 Å². The van der Waals surface area contributed by atoms with Crippen LogP contribution in [0.1, 0.15) is 12.0 Å². The summed E-state index contributed by atoms with van der Waals surface area (Å²) < 4.78 is 52.7. The minimum absolute atomic E-state index is 0.147. The van der Waals surface area contributed by atoms with Gasteiger partial charge in [0.05, 0.1) is 9.79 Å². The largest absolute Gasteiger partial charge is 0.386 e. The van der Waals surface area contributed by atoms with Crippen molar-refractivity contribution in [3.05, 3.63) is 103 Å². The second kappa shape index (κ2) is 7.50. The highest BCUT2D eigenvalue weighted by atomic mass is 32.3. The predicted octanol–water partition coefficient (Wildman–Crippen LogP) is 3.48. The van der Waals surface area contributed by atoms with Crippen LogP contribution in [0.25, 0.3) is 5.57 Å². The molecule has 0 radical (unpaired) electrons. The molecule has 7 heteroatoms. The standard InChI is InChI=1S/C23H20O5S2/c24-22-21(18-10-4-1-5-11-18)16-17-23(22,29(25,26)19-12-6-2-7-13-19)30(27,28)20-14-8-3-9-15-20/h1-16,22,24H,17H2. The Bertz CT molecular complexity index is 1210. The van der Waals surface area contributed by atoms with Crippen LogP contribution in [0.3, 0.4) is 0 Å². The van der Waals surface area contributed by atoms with E-state index in [1.807, 2.05) is 0 Å². The summed E-state index contributed by atoms with van der Waals surface area (Å²) in [4.78, 5) is -0.294. The monoisotopic (exact) mass is 440 g/mol. The lowest BCUT2D eigenvalue weighted by atomic mass is 10.0. The van der Waals surface area contributed by atoms with Gasteiger partial charge in [0.2, 0.25) is 23.8 Å². The fraction of sp³-hybridized carbons (Fsp3) is 0.130. The van der Waals surface area contributed by atoms with Crippen molar-refractivity contribution in [3.8, 4) is 0 Å². The maximum absolute atomic E-state index is 13.8. The normalized spacial score (nSPS) is 18.7. The Hall–Kier alpha value is -2.74. The van der Waals surface area contributed by atoms with E-state index in [4.69, 9.17) is 0 Å². The van der Waals surface area contributed by atoms with E-state index in [-0.39, 0.29) is 21.8 Å². The Morgan fingerprint density at radius 2 is 1.07 bits per heavy atom. The number of sulfone groups is 2. The van der Waals surface area contributed by atoms with E-state index >= 15 is 0 Å². The fourth-order valence-corrected chi connectivity index (χ4v) is 8.88. The Labute approximate surface area is 176 Å². The molecule has 0 fully saturated rings. The number of aliphatic hydroxyl groups is 1. The van der Waals surface area contributed by atoms with Crippen molar-refractivity contribution in [1.82, 2.24) is 0 Å². The first kappa shape index (κ1) is 20.5. The molecule has 30 heavy (non-hydrogen) atoms. The quantitative estimate of drug-likeness (QED) is 0.656. The van der Waals surface area contributed by atoms with Gasteiger partial charge in [-0.15, -0.1) is 0 Å². The molecule has 1 aliphatic carbocycles. The molecule has 3 aromatic rings. The van der Waals surface area contributed by atoms with Crippen LogP contribution in [0.15, 0.2) is 107 Å². The third-order valence-electron chi connectivity index (χ3n) is 5.44. The van der Waals surface area contributed by atoms with E-state index in [1.165, 1.54) is 54.6 Å². The number of aliphatic hydroxyl groups excluding tert-OH is 1. The Morgan fingerprint density at radius 3 is 1.50 bits per heavy atom. The van der Waals surface area contributed by atoms with E-state index in [0.29, 0.717) is 5.56 Å². The highest BCUT2D eigenvalue weighted by molar-refractivity contribution is 8.10. The van der Waals surface area contributed by atoms with Crippen molar-refractivity contribution in [2.45, 2.75) is 26.4 Å². The van der Waals surface area contributed by atoms with Crippen molar-refractivity contribution in [1.29, 1.82) is 0 Å². The van der Waals surface area contributed by atoms with Crippen LogP contribution in [0.4, 0.5) is 0 Å². The zero-order valence-electron chi connectivity index (χ0n) is 15.9. The molecular formula is C23H20O5S2. The second-order valence-corrected chi connectivity index (χ2v) is 11.7. The molecule has 0 saturated heterocycles. The van der Waals surface area contributed by atoms with Crippen molar-refractivity contribution < 1.29 is 21.9 Å². The molecule has 1 aliphatic rings. The summed E-state index contributed by atoms with van der Waals surface area (Å²) in [7, 11) is -8.97. The highest BCUT2D eigenvalue weighted by Gasteiger charge is 2.63. The minimum Gasteiger partial charge on any atom is -0.386 e. The zero-order valence-corrected chi connectivity index (χ0v) is 17.6. The summed E-state index contributed by atoms with van der Waals surface area (Å²) in [5.74, 6) is 0. The Morgan fingerprint density at radius 1 is 0.667 bits per heavy atom. The first-order valence-electron chi connectivity index (χ1n) is 9.35. The van der Waals surface area contributed by atoms with Gasteiger partial charge in [-0.25, -0.2) is 16.8 Å². The molecule has 4 rings (SSSR count). The second-order valence-electron chi connectivity index (χ2n) is 7.08. The van der Waals surface area contributed by atoms with Crippen molar-refractivity contribution in [3.63, 3.8) is 0 Å². The van der Waals surface area contributed by atoms with Gasteiger partial charge in [-0.05, 0) is 35.4 Å². The van der Waals surface area contributed by atoms with Gasteiger partial charge in [-0.2, -0.15) is 0 Å². The van der Waals surface area contributed by atoms with Gasteiger partial charge < -0.3 is 5.11 Å². The highest BCUT2D eigenvalue weighted by Crippen LogP contribution is 2.49. The first-order valence-corrected chi connectivity index (χ1v) is 12.3. The minimum atomic E-state index is -4.49. The third kappa shape index (κ3) is 2.93. The first-order chi connectivity index (χ1) is 14.3. The molecule has 0 aromatic heterocycles. The van der Waals surface area contributed by atoms with E-state index in [9.17, 15) is 21.9 Å². The summed E-state index contributed by atoms with van der Waals surface area (Å²) in [5.41, 5.74) is 0.869. The maximum atomic E-state index is 13.8. The summed E-state index contributed by atoms with van der Waals surface area (Å²) in [6.45, 7) is 0. The van der Waals surface area contributed by atoms with Crippen LogP contribution >= 0.6 is 0 Å². The smallest absolute Gasteiger partial charge is 0.215 e. The molecule has 0 heterocycles. The molecule has 3 aromatic carbocycles. The topological polar surface area (TPSA) is 88.5 Å². The van der Waals surface area contributed by atoms with Crippen LogP contribution in [0.5, 0.6) is 0 Å². The molecule has 1 unspecified atom stereocenters. The van der Waals surface area contributed by atoms with Crippen molar-refractivity contribution in [2.24, 2.45) is 0 Å². The fourth-order valence-electron chi connectivity index (χ4n) is 3.87. The lowest BCUT2D eigenvalue weighted by Crippen LogP contribution is -2.53. The molecular weight excluding hydrogens is 420 g/mol. The lowest BCUT2D eigenvalue weighted by molar-refractivity contribution is 0.217. The Balaban J connectivity index is 1.97. The maximum Gasteiger partial charge on any atom is 0.215 e. The van der Waals surface area contributed by atoms with Gasteiger partial charge in [-0.3, -0.25) is 0 Å². The summed E-state index contributed by atoms with van der Waals surface area (Å²) in [5, 5.41) is 11.3. The summed E-state index contributed by atoms with van der Waals surface area (Å²) in [6.07, 6.45) is -0.594. The van der Waals surface area contributed by atoms with E-state index in [0.717, 1.165) is 0 Å². The van der Waals surface area contributed by atoms with E-state index in [2.05, 4.69) is 0 Å². The van der Waals surface area contributed by atoms with Gasteiger partial charge in [0.15, 0.2) is 0 Å². The average Bonchev–Trinajstić information content (AvgIpc) is 3.14. The molecule has 0 spiro atoms. The van der Waals surface area contributed by atoms with Crippen LogP contribution in [-0.4, -0.2) is 32.1 Å². The number of benzene rings is 3. The Kier molecular flexibility index (Phi) is 5.13. The lowest BCUT2D eigenvalue weighted by Gasteiger charge is -2.33. The number of hydrogen-bond acceptors (Lipinski definition) is 5. The molecule has 1 N–H and O–H groups in total. The van der Waals surface area contributed by atoms with E-state index < -0.39 is 29.9 Å². The van der Waals surface area contributed by atoms with Crippen molar-refractivity contribution >= 4 is 25.2 Å². The number of rotatable bonds is 5.